The van der Waals surface area contributed by atoms with Gasteiger partial charge in [-0.25, -0.2) is 16.8 Å². The summed E-state index contributed by atoms with van der Waals surface area (Å²) in [4.78, 5) is 0.846. The van der Waals surface area contributed by atoms with Crippen LogP contribution in [0.3, 0.4) is 0 Å². The van der Waals surface area contributed by atoms with Crippen LogP contribution in [0, 0.1) is 0 Å². The summed E-state index contributed by atoms with van der Waals surface area (Å²) in [5.74, 6) is 0. The number of rotatable bonds is 4. The maximum atomic E-state index is 13.9. The van der Waals surface area contributed by atoms with E-state index in [0.717, 1.165) is 44.5 Å². The van der Waals surface area contributed by atoms with E-state index in [1.807, 2.05) is 36.4 Å². The Balaban J connectivity index is 1.46. The minimum atomic E-state index is -3.81. The zero-order valence-electron chi connectivity index (χ0n) is 22.8. The summed E-state index contributed by atoms with van der Waals surface area (Å²) >= 11 is 0. The van der Waals surface area contributed by atoms with Gasteiger partial charge in [-0.15, -0.1) is 0 Å². The molecule has 8 rings (SSSR count). The first kappa shape index (κ1) is 25.9. The summed E-state index contributed by atoms with van der Waals surface area (Å²) in [6.07, 6.45) is 0. The van der Waals surface area contributed by atoms with E-state index in [1.54, 1.807) is 84.9 Å². The van der Waals surface area contributed by atoms with Gasteiger partial charge in [0.25, 0.3) is 0 Å². The molecule has 0 aromatic heterocycles. The lowest BCUT2D eigenvalue weighted by molar-refractivity contribution is 0.594. The van der Waals surface area contributed by atoms with Gasteiger partial charge in [-0.05, 0) is 93.0 Å². The second-order valence-corrected chi connectivity index (χ2v) is 14.8. The van der Waals surface area contributed by atoms with Gasteiger partial charge in [0, 0.05) is 0 Å². The number of sulfone groups is 2. The molecule has 4 nitrogen and oxygen atoms in total. The molecule has 0 radical (unpaired) electrons. The van der Waals surface area contributed by atoms with Gasteiger partial charge in [0.1, 0.15) is 0 Å². The quantitative estimate of drug-likeness (QED) is 0.209. The third-order valence-corrected chi connectivity index (χ3v) is 12.3. The smallest absolute Gasteiger partial charge is 0.206 e. The standard InChI is InChI=1S/C37H24O4S2/c38-42(39,25-11-3-1-4-12-25)27-19-21-31-29-15-7-9-17-33(29)37(35(31)23-27)34-18-10-8-16-30(34)32-22-20-28(24-36(32)37)43(40,41)26-13-5-2-6-14-26/h1-24H. The second-order valence-electron chi connectivity index (χ2n) is 10.9. The van der Waals surface area contributed by atoms with Crippen LogP contribution in [0.5, 0.6) is 0 Å². The van der Waals surface area contributed by atoms with Crippen LogP contribution in [0.1, 0.15) is 22.3 Å². The summed E-state index contributed by atoms with van der Waals surface area (Å²) in [6.45, 7) is 0. The largest absolute Gasteiger partial charge is 0.219 e. The van der Waals surface area contributed by atoms with Crippen molar-refractivity contribution in [3.63, 3.8) is 0 Å². The van der Waals surface area contributed by atoms with E-state index in [4.69, 9.17) is 0 Å². The summed E-state index contributed by atoms with van der Waals surface area (Å²) in [7, 11) is -7.62. The number of hydrogen-bond donors (Lipinski definition) is 0. The first-order chi connectivity index (χ1) is 20.8. The van der Waals surface area contributed by atoms with Gasteiger partial charge in [0.2, 0.25) is 19.7 Å². The zero-order chi connectivity index (χ0) is 29.4. The van der Waals surface area contributed by atoms with E-state index in [-0.39, 0.29) is 19.6 Å². The lowest BCUT2D eigenvalue weighted by Crippen LogP contribution is -2.26. The van der Waals surface area contributed by atoms with Gasteiger partial charge in [-0.1, -0.05) is 97.1 Å². The second kappa shape index (κ2) is 9.11. The fraction of sp³-hybridized carbons (Fsp3) is 0.0270. The van der Waals surface area contributed by atoms with Crippen molar-refractivity contribution >= 4 is 19.7 Å². The Kier molecular flexibility index (Phi) is 5.48. The van der Waals surface area contributed by atoms with Crippen LogP contribution >= 0.6 is 0 Å². The van der Waals surface area contributed by atoms with Crippen LogP contribution in [0.4, 0.5) is 0 Å². The molecule has 208 valence electrons. The highest BCUT2D eigenvalue weighted by molar-refractivity contribution is 7.91. The Hall–Kier alpha value is -4.78. The van der Waals surface area contributed by atoms with Crippen LogP contribution in [-0.4, -0.2) is 16.8 Å². The van der Waals surface area contributed by atoms with Crippen LogP contribution < -0.4 is 0 Å². The molecule has 0 bridgehead atoms. The van der Waals surface area contributed by atoms with E-state index in [1.165, 1.54) is 0 Å². The van der Waals surface area contributed by atoms with Crippen LogP contribution in [0.2, 0.25) is 0 Å². The molecule has 0 fully saturated rings. The molecule has 6 aromatic rings. The molecule has 0 saturated carbocycles. The summed E-state index contributed by atoms with van der Waals surface area (Å²) in [6, 6.07) is 43.8. The molecule has 0 heterocycles. The van der Waals surface area contributed by atoms with Crippen molar-refractivity contribution in [1.29, 1.82) is 0 Å². The van der Waals surface area contributed by atoms with Crippen molar-refractivity contribution in [2.24, 2.45) is 0 Å². The zero-order valence-corrected chi connectivity index (χ0v) is 24.4. The third-order valence-electron chi connectivity index (χ3n) is 8.76. The van der Waals surface area contributed by atoms with Gasteiger partial charge >= 0.3 is 0 Å². The number of benzene rings is 6. The first-order valence-electron chi connectivity index (χ1n) is 13.9. The minimum Gasteiger partial charge on any atom is -0.219 e. The van der Waals surface area contributed by atoms with Crippen molar-refractivity contribution in [3.05, 3.63) is 168 Å². The number of fused-ring (bicyclic) bond motifs is 10. The Bertz CT molecular complexity index is 2140. The monoisotopic (exact) mass is 596 g/mol. The lowest BCUT2D eigenvalue weighted by Gasteiger charge is -2.31. The molecular weight excluding hydrogens is 573 g/mol. The molecule has 2 aliphatic carbocycles. The summed E-state index contributed by atoms with van der Waals surface area (Å²) in [5, 5.41) is 0. The van der Waals surface area contributed by atoms with Crippen molar-refractivity contribution in [2.75, 3.05) is 0 Å². The SMILES string of the molecule is O=S(=O)(c1ccccc1)c1ccc2c(c1)C1(c3ccccc3-2)c2ccccc2-c2ccc(S(=O)(=O)c3ccccc3)cc21. The molecule has 1 spiro atoms. The predicted octanol–water partition coefficient (Wildman–Crippen LogP) is 7.70. The molecule has 0 atom stereocenters. The summed E-state index contributed by atoms with van der Waals surface area (Å²) < 4.78 is 55.5. The average molecular weight is 597 g/mol. The Morgan fingerprint density at radius 1 is 0.326 bits per heavy atom. The third kappa shape index (κ3) is 3.48. The molecule has 6 aromatic carbocycles. The minimum absolute atomic E-state index is 0.198. The molecule has 0 amide bonds. The molecule has 0 N–H and O–H groups in total. The van der Waals surface area contributed by atoms with Crippen molar-refractivity contribution < 1.29 is 16.8 Å². The fourth-order valence-corrected chi connectivity index (χ4v) is 9.52. The molecule has 2 aliphatic rings. The van der Waals surface area contributed by atoms with Gasteiger partial charge in [0.05, 0.1) is 25.0 Å². The molecule has 6 heteroatoms. The highest BCUT2D eigenvalue weighted by Gasteiger charge is 2.52. The molecule has 0 saturated heterocycles. The topological polar surface area (TPSA) is 68.3 Å². The van der Waals surface area contributed by atoms with Gasteiger partial charge < -0.3 is 0 Å². The normalized spacial score (nSPS) is 14.1. The average Bonchev–Trinajstić information content (AvgIpc) is 3.52. The van der Waals surface area contributed by atoms with Crippen LogP contribution in [0.25, 0.3) is 22.3 Å². The van der Waals surface area contributed by atoms with Crippen LogP contribution in [-0.2, 0) is 25.1 Å². The van der Waals surface area contributed by atoms with Crippen molar-refractivity contribution in [2.45, 2.75) is 25.0 Å². The van der Waals surface area contributed by atoms with E-state index >= 15 is 0 Å². The number of hydrogen-bond acceptors (Lipinski definition) is 4. The maximum Gasteiger partial charge on any atom is 0.206 e. The highest BCUT2D eigenvalue weighted by Crippen LogP contribution is 2.63. The molecular formula is C37H24O4S2. The van der Waals surface area contributed by atoms with E-state index in [2.05, 4.69) is 24.3 Å². The Morgan fingerprint density at radius 3 is 1.09 bits per heavy atom. The predicted molar refractivity (Wildman–Crippen MR) is 167 cm³/mol. The Morgan fingerprint density at radius 2 is 0.674 bits per heavy atom. The maximum absolute atomic E-state index is 13.9. The highest BCUT2D eigenvalue weighted by atomic mass is 32.2. The first-order valence-corrected chi connectivity index (χ1v) is 16.9. The summed E-state index contributed by atoms with van der Waals surface area (Å²) in [5.41, 5.74) is 6.61. The fourth-order valence-electron chi connectivity index (χ4n) is 6.90. The van der Waals surface area contributed by atoms with Crippen LogP contribution in [0.15, 0.2) is 165 Å². The van der Waals surface area contributed by atoms with Crippen molar-refractivity contribution in [3.8, 4) is 22.3 Å². The Labute approximate surface area is 250 Å². The molecule has 43 heavy (non-hydrogen) atoms. The van der Waals surface area contributed by atoms with Crippen molar-refractivity contribution in [1.82, 2.24) is 0 Å². The van der Waals surface area contributed by atoms with E-state index < -0.39 is 25.1 Å². The van der Waals surface area contributed by atoms with E-state index in [0.29, 0.717) is 0 Å². The van der Waals surface area contributed by atoms with Gasteiger partial charge in [-0.3, -0.25) is 0 Å². The van der Waals surface area contributed by atoms with Gasteiger partial charge in [0.15, 0.2) is 0 Å². The van der Waals surface area contributed by atoms with E-state index in [9.17, 15) is 16.8 Å². The molecule has 0 aliphatic heterocycles. The van der Waals surface area contributed by atoms with Gasteiger partial charge in [-0.2, -0.15) is 0 Å². The molecule has 0 unspecified atom stereocenters. The lowest BCUT2D eigenvalue weighted by atomic mass is 9.70.